The third-order valence-corrected chi connectivity index (χ3v) is 4.70. The zero-order valence-electron chi connectivity index (χ0n) is 16.9. The molecular formula is C24H23FN2O4. The van der Waals surface area contributed by atoms with Crippen molar-refractivity contribution in [2.45, 2.75) is 12.8 Å². The number of fused-ring (bicyclic) bond motifs is 1. The van der Waals surface area contributed by atoms with E-state index in [2.05, 4.69) is 10.6 Å². The van der Waals surface area contributed by atoms with Crippen LogP contribution in [0.4, 0.5) is 4.39 Å². The Morgan fingerprint density at radius 1 is 0.806 bits per heavy atom. The maximum absolute atomic E-state index is 13.5. The number of hydrogen-bond acceptors (Lipinski definition) is 4. The highest BCUT2D eigenvalue weighted by atomic mass is 19.1. The van der Waals surface area contributed by atoms with Gasteiger partial charge in [0.1, 0.15) is 12.4 Å². The number of hydrogen-bond donors (Lipinski definition) is 2. The van der Waals surface area contributed by atoms with E-state index >= 15 is 0 Å². The summed E-state index contributed by atoms with van der Waals surface area (Å²) in [4.78, 5) is 35.7. The van der Waals surface area contributed by atoms with E-state index in [-0.39, 0.29) is 31.2 Å². The highest BCUT2D eigenvalue weighted by Gasteiger charge is 2.11. The lowest BCUT2D eigenvalue weighted by Gasteiger charge is -2.09. The number of ether oxygens (including phenoxy) is 1. The Hall–Kier alpha value is -3.74. The summed E-state index contributed by atoms with van der Waals surface area (Å²) in [6, 6.07) is 19.8. The number of nitrogens with one attached hydrogen (secondary N) is 2. The average molecular weight is 422 g/mol. The molecule has 2 amide bonds. The van der Waals surface area contributed by atoms with Crippen molar-refractivity contribution in [2.75, 3.05) is 19.7 Å². The lowest BCUT2D eigenvalue weighted by Crippen LogP contribution is -2.35. The fourth-order valence-electron chi connectivity index (χ4n) is 3.14. The number of carbonyl (C=O) groups is 3. The molecule has 6 nitrogen and oxygen atoms in total. The van der Waals surface area contributed by atoms with Gasteiger partial charge in [-0.05, 0) is 34.4 Å². The Balaban J connectivity index is 1.35. The van der Waals surface area contributed by atoms with Gasteiger partial charge >= 0.3 is 5.97 Å². The second kappa shape index (κ2) is 10.9. The van der Waals surface area contributed by atoms with Crippen molar-refractivity contribution >= 4 is 28.6 Å². The molecule has 0 aliphatic rings. The molecule has 2 N–H and O–H groups in total. The maximum Gasteiger partial charge on any atom is 0.325 e. The second-order valence-corrected chi connectivity index (χ2v) is 6.94. The van der Waals surface area contributed by atoms with Crippen LogP contribution in [0.15, 0.2) is 66.7 Å². The van der Waals surface area contributed by atoms with Gasteiger partial charge in [-0.3, -0.25) is 14.4 Å². The van der Waals surface area contributed by atoms with Gasteiger partial charge in [-0.25, -0.2) is 4.39 Å². The Kier molecular flexibility index (Phi) is 7.70. The van der Waals surface area contributed by atoms with Gasteiger partial charge in [0.25, 0.3) is 5.91 Å². The Morgan fingerprint density at radius 3 is 2.35 bits per heavy atom. The number of benzene rings is 3. The van der Waals surface area contributed by atoms with Gasteiger partial charge in [0, 0.05) is 6.54 Å². The predicted molar refractivity (Wildman–Crippen MR) is 115 cm³/mol. The highest BCUT2D eigenvalue weighted by molar-refractivity contribution is 5.91. The Labute approximate surface area is 179 Å². The quantitative estimate of drug-likeness (QED) is 0.519. The van der Waals surface area contributed by atoms with E-state index in [1.54, 1.807) is 18.2 Å². The summed E-state index contributed by atoms with van der Waals surface area (Å²) in [6.07, 6.45) is 0.460. The number of carbonyl (C=O) groups excluding carboxylic acids is 3. The number of halogens is 1. The van der Waals surface area contributed by atoms with E-state index in [1.165, 1.54) is 6.07 Å². The minimum absolute atomic E-state index is 0.130. The fourth-order valence-corrected chi connectivity index (χ4v) is 3.14. The van der Waals surface area contributed by atoms with Crippen LogP contribution < -0.4 is 10.6 Å². The van der Waals surface area contributed by atoms with Crippen LogP contribution in [-0.4, -0.2) is 37.5 Å². The van der Waals surface area contributed by atoms with Crippen molar-refractivity contribution in [1.82, 2.24) is 10.6 Å². The van der Waals surface area contributed by atoms with Gasteiger partial charge in [0.05, 0.1) is 6.42 Å². The van der Waals surface area contributed by atoms with Gasteiger partial charge in [0.15, 0.2) is 6.61 Å². The van der Waals surface area contributed by atoms with Crippen LogP contribution in [0.1, 0.15) is 11.1 Å². The minimum Gasteiger partial charge on any atom is -0.454 e. The van der Waals surface area contributed by atoms with Crippen LogP contribution in [0, 0.1) is 5.82 Å². The number of amides is 2. The Bertz CT molecular complexity index is 1080. The van der Waals surface area contributed by atoms with Crippen molar-refractivity contribution in [2.24, 2.45) is 0 Å². The second-order valence-electron chi connectivity index (χ2n) is 6.94. The monoisotopic (exact) mass is 422 g/mol. The van der Waals surface area contributed by atoms with Crippen LogP contribution in [0.2, 0.25) is 0 Å². The molecule has 0 fully saturated rings. The summed E-state index contributed by atoms with van der Waals surface area (Å²) in [5, 5.41) is 7.08. The lowest BCUT2D eigenvalue weighted by atomic mass is 10.0. The first-order valence-corrected chi connectivity index (χ1v) is 9.92. The standard InChI is InChI=1S/C24H23FN2O4/c25-21-11-4-2-7-18(21)12-13-26-23(29)16-31-24(30)15-27-22(28)14-19-9-5-8-17-6-1-3-10-20(17)19/h1-11H,12-16H2,(H,26,29)(H,27,28). The van der Waals surface area contributed by atoms with Gasteiger partial charge in [0.2, 0.25) is 5.91 Å². The highest BCUT2D eigenvalue weighted by Crippen LogP contribution is 2.18. The van der Waals surface area contributed by atoms with Crippen molar-refractivity contribution in [3.8, 4) is 0 Å². The molecule has 0 radical (unpaired) electrons. The molecular weight excluding hydrogens is 399 g/mol. The first-order valence-electron chi connectivity index (χ1n) is 9.92. The van der Waals surface area contributed by atoms with Gasteiger partial charge < -0.3 is 15.4 Å². The van der Waals surface area contributed by atoms with Crippen LogP contribution >= 0.6 is 0 Å². The molecule has 0 bridgehead atoms. The molecule has 3 aromatic carbocycles. The normalized spacial score (nSPS) is 10.5. The van der Waals surface area contributed by atoms with Crippen LogP contribution in [-0.2, 0) is 32.0 Å². The van der Waals surface area contributed by atoms with Gasteiger partial charge in [-0.1, -0.05) is 60.7 Å². The molecule has 0 saturated carbocycles. The van der Waals surface area contributed by atoms with E-state index in [0.717, 1.165) is 16.3 Å². The van der Waals surface area contributed by atoms with Crippen LogP contribution in [0.5, 0.6) is 0 Å². The number of rotatable bonds is 9. The minimum atomic E-state index is -0.712. The zero-order valence-corrected chi connectivity index (χ0v) is 16.9. The summed E-state index contributed by atoms with van der Waals surface area (Å²) < 4.78 is 18.4. The first kappa shape index (κ1) is 22.0. The third kappa shape index (κ3) is 6.64. The van der Waals surface area contributed by atoms with Crippen molar-refractivity contribution < 1.29 is 23.5 Å². The molecule has 0 aliphatic carbocycles. The summed E-state index contributed by atoms with van der Waals surface area (Å²) in [5.74, 6) is -1.85. The van der Waals surface area contributed by atoms with Crippen molar-refractivity contribution in [3.63, 3.8) is 0 Å². The molecule has 0 aromatic heterocycles. The lowest BCUT2D eigenvalue weighted by molar-refractivity contribution is -0.148. The molecule has 3 rings (SSSR count). The van der Waals surface area contributed by atoms with Crippen LogP contribution in [0.3, 0.4) is 0 Å². The van der Waals surface area contributed by atoms with Crippen molar-refractivity contribution in [3.05, 3.63) is 83.7 Å². The van der Waals surface area contributed by atoms with E-state index < -0.39 is 18.5 Å². The largest absolute Gasteiger partial charge is 0.454 e. The molecule has 160 valence electrons. The summed E-state index contributed by atoms with van der Waals surface area (Å²) in [6.45, 7) is -0.569. The molecule has 0 saturated heterocycles. The van der Waals surface area contributed by atoms with E-state index in [9.17, 15) is 18.8 Å². The molecule has 3 aromatic rings. The summed E-state index contributed by atoms with van der Waals surface area (Å²) in [5.41, 5.74) is 1.35. The molecule has 0 heterocycles. The molecule has 31 heavy (non-hydrogen) atoms. The molecule has 0 aliphatic heterocycles. The predicted octanol–water partition coefficient (Wildman–Crippen LogP) is 2.54. The molecule has 7 heteroatoms. The first-order chi connectivity index (χ1) is 15.0. The van der Waals surface area contributed by atoms with Crippen molar-refractivity contribution in [1.29, 1.82) is 0 Å². The zero-order chi connectivity index (χ0) is 22.1. The van der Waals surface area contributed by atoms with Gasteiger partial charge in [-0.15, -0.1) is 0 Å². The summed E-state index contributed by atoms with van der Waals surface area (Å²) in [7, 11) is 0. The van der Waals surface area contributed by atoms with Gasteiger partial charge in [-0.2, -0.15) is 0 Å². The fraction of sp³-hybridized carbons (Fsp3) is 0.208. The van der Waals surface area contributed by atoms with E-state index in [4.69, 9.17) is 4.74 Å². The number of esters is 1. The summed E-state index contributed by atoms with van der Waals surface area (Å²) >= 11 is 0. The SMILES string of the molecule is O=C(COC(=O)CNC(=O)Cc1cccc2ccccc12)NCCc1ccccc1F. The molecule has 0 spiro atoms. The average Bonchev–Trinajstić information content (AvgIpc) is 2.78. The van der Waals surface area contributed by atoms with E-state index in [0.29, 0.717) is 12.0 Å². The maximum atomic E-state index is 13.5. The Morgan fingerprint density at radius 2 is 1.52 bits per heavy atom. The molecule has 0 atom stereocenters. The third-order valence-electron chi connectivity index (χ3n) is 4.70. The smallest absolute Gasteiger partial charge is 0.325 e. The van der Waals surface area contributed by atoms with Crippen LogP contribution in [0.25, 0.3) is 10.8 Å². The van der Waals surface area contributed by atoms with E-state index in [1.807, 2.05) is 42.5 Å². The topological polar surface area (TPSA) is 84.5 Å². The molecule has 0 unspecified atom stereocenters.